The second-order valence-electron chi connectivity index (χ2n) is 4.23. The molecule has 0 saturated heterocycles. The van der Waals surface area contributed by atoms with E-state index in [9.17, 15) is 0 Å². The van der Waals surface area contributed by atoms with Crippen molar-refractivity contribution in [3.63, 3.8) is 0 Å². The van der Waals surface area contributed by atoms with Crippen LogP contribution in [0, 0.1) is 0 Å². The van der Waals surface area contributed by atoms with E-state index >= 15 is 0 Å². The van der Waals surface area contributed by atoms with Crippen LogP contribution in [0.3, 0.4) is 0 Å². The fraction of sp³-hybridized carbons (Fsp3) is 0.231. The molecular formula is C13H13N5O2. The third-order valence-electron chi connectivity index (χ3n) is 3.08. The highest BCUT2D eigenvalue weighted by atomic mass is 16.5. The number of pyridine rings is 1. The predicted octanol–water partition coefficient (Wildman–Crippen LogP) is 1.36. The standard InChI is InChI=1S/C13H13N5O2/c1-19-11-3-8-6-14-7-9(4-13-15-17-18-16-13)10(8)5-12(11)20-2/h3,5-7H,4H2,1-2H3,(H,15,16,17,18). The molecule has 7 nitrogen and oxygen atoms in total. The Bertz CT molecular complexity index is 727. The first-order valence-corrected chi connectivity index (χ1v) is 6.02. The van der Waals surface area contributed by atoms with Crippen molar-refractivity contribution in [2.24, 2.45) is 0 Å². The van der Waals surface area contributed by atoms with E-state index < -0.39 is 0 Å². The van der Waals surface area contributed by atoms with Crippen molar-refractivity contribution in [3.8, 4) is 11.5 Å². The maximum absolute atomic E-state index is 5.34. The van der Waals surface area contributed by atoms with Gasteiger partial charge in [-0.1, -0.05) is 5.21 Å². The first kappa shape index (κ1) is 12.3. The van der Waals surface area contributed by atoms with E-state index in [4.69, 9.17) is 9.47 Å². The van der Waals surface area contributed by atoms with Gasteiger partial charge in [0.25, 0.3) is 0 Å². The van der Waals surface area contributed by atoms with Crippen molar-refractivity contribution in [2.75, 3.05) is 14.2 Å². The van der Waals surface area contributed by atoms with E-state index in [1.165, 1.54) is 0 Å². The monoisotopic (exact) mass is 271 g/mol. The van der Waals surface area contributed by atoms with Gasteiger partial charge >= 0.3 is 0 Å². The summed E-state index contributed by atoms with van der Waals surface area (Å²) < 4.78 is 10.6. The van der Waals surface area contributed by atoms with Crippen molar-refractivity contribution in [1.29, 1.82) is 0 Å². The van der Waals surface area contributed by atoms with Crippen molar-refractivity contribution in [2.45, 2.75) is 6.42 Å². The number of hydrogen-bond acceptors (Lipinski definition) is 6. The van der Waals surface area contributed by atoms with Crippen LogP contribution in [0.4, 0.5) is 0 Å². The van der Waals surface area contributed by atoms with Gasteiger partial charge in [-0.2, -0.15) is 5.21 Å². The number of rotatable bonds is 4. The number of hydrogen-bond donors (Lipinski definition) is 1. The number of benzene rings is 1. The van der Waals surface area contributed by atoms with Gasteiger partial charge in [-0.25, -0.2) is 0 Å². The Morgan fingerprint density at radius 2 is 1.90 bits per heavy atom. The Labute approximate surface area is 114 Å². The lowest BCUT2D eigenvalue weighted by atomic mass is 10.0. The minimum atomic E-state index is 0.552. The lowest BCUT2D eigenvalue weighted by molar-refractivity contribution is 0.356. The summed E-state index contributed by atoms with van der Waals surface area (Å²) in [6, 6.07) is 3.84. The lowest BCUT2D eigenvalue weighted by Crippen LogP contribution is -1.96. The minimum absolute atomic E-state index is 0.552. The summed E-state index contributed by atoms with van der Waals surface area (Å²) in [6.45, 7) is 0. The molecule has 0 bridgehead atoms. The zero-order chi connectivity index (χ0) is 13.9. The maximum atomic E-state index is 5.34. The van der Waals surface area contributed by atoms with Gasteiger partial charge < -0.3 is 9.47 Å². The second kappa shape index (κ2) is 5.12. The van der Waals surface area contributed by atoms with Crippen molar-refractivity contribution in [3.05, 3.63) is 35.9 Å². The molecule has 3 rings (SSSR count). The van der Waals surface area contributed by atoms with E-state index in [1.54, 1.807) is 26.6 Å². The molecule has 7 heteroatoms. The summed E-state index contributed by atoms with van der Waals surface area (Å²) in [5, 5.41) is 15.9. The number of aromatic nitrogens is 5. The molecule has 0 amide bonds. The Balaban J connectivity index is 2.13. The van der Waals surface area contributed by atoms with Gasteiger partial charge in [-0.15, -0.1) is 10.2 Å². The Morgan fingerprint density at radius 1 is 1.10 bits per heavy atom. The molecule has 0 aliphatic rings. The van der Waals surface area contributed by atoms with Crippen LogP contribution in [0.15, 0.2) is 24.5 Å². The van der Waals surface area contributed by atoms with Crippen LogP contribution in [0.25, 0.3) is 10.8 Å². The van der Waals surface area contributed by atoms with Gasteiger partial charge in [-0.05, 0) is 23.1 Å². The summed E-state index contributed by atoms with van der Waals surface area (Å²) >= 11 is 0. The van der Waals surface area contributed by atoms with Crippen LogP contribution in [-0.2, 0) is 6.42 Å². The number of nitrogens with zero attached hydrogens (tertiary/aromatic N) is 4. The first-order valence-electron chi connectivity index (χ1n) is 6.02. The number of aromatic amines is 1. The third kappa shape index (κ3) is 2.13. The quantitative estimate of drug-likeness (QED) is 0.771. The largest absolute Gasteiger partial charge is 0.493 e. The Hall–Kier alpha value is -2.70. The molecular weight excluding hydrogens is 258 g/mol. The third-order valence-corrected chi connectivity index (χ3v) is 3.08. The summed E-state index contributed by atoms with van der Waals surface area (Å²) in [6.07, 6.45) is 4.14. The molecule has 0 saturated carbocycles. The topological polar surface area (TPSA) is 85.8 Å². The average molecular weight is 271 g/mol. The minimum Gasteiger partial charge on any atom is -0.493 e. The number of ether oxygens (including phenoxy) is 2. The van der Waals surface area contributed by atoms with Crippen LogP contribution < -0.4 is 9.47 Å². The number of nitrogens with one attached hydrogen (secondary N) is 1. The zero-order valence-corrected chi connectivity index (χ0v) is 11.1. The molecule has 0 radical (unpaired) electrons. The fourth-order valence-electron chi connectivity index (χ4n) is 2.13. The molecule has 0 aliphatic heterocycles. The Morgan fingerprint density at radius 3 is 2.60 bits per heavy atom. The lowest BCUT2D eigenvalue weighted by Gasteiger charge is -2.11. The van der Waals surface area contributed by atoms with Crippen LogP contribution in [0.5, 0.6) is 11.5 Å². The van der Waals surface area contributed by atoms with E-state index in [0.29, 0.717) is 23.7 Å². The SMILES string of the molecule is COc1cc2cncc(Cc3nn[nH]n3)c2cc1OC. The van der Waals surface area contributed by atoms with Crippen LogP contribution in [0.1, 0.15) is 11.4 Å². The van der Waals surface area contributed by atoms with Gasteiger partial charge in [0.05, 0.1) is 14.2 Å². The summed E-state index contributed by atoms with van der Waals surface area (Å²) in [5.74, 6) is 1.98. The van der Waals surface area contributed by atoms with Gasteiger partial charge in [0.1, 0.15) is 0 Å². The maximum Gasteiger partial charge on any atom is 0.178 e. The smallest absolute Gasteiger partial charge is 0.178 e. The molecule has 20 heavy (non-hydrogen) atoms. The molecule has 102 valence electrons. The normalized spacial score (nSPS) is 10.7. The molecule has 0 unspecified atom stereocenters. The van der Waals surface area contributed by atoms with E-state index in [0.717, 1.165) is 16.3 Å². The Kier molecular flexibility index (Phi) is 3.16. The number of methoxy groups -OCH3 is 2. The van der Waals surface area contributed by atoms with E-state index in [-0.39, 0.29) is 0 Å². The van der Waals surface area contributed by atoms with Gasteiger partial charge in [-0.3, -0.25) is 4.98 Å². The molecule has 0 atom stereocenters. The molecule has 0 aliphatic carbocycles. The van der Waals surface area contributed by atoms with Crippen molar-refractivity contribution < 1.29 is 9.47 Å². The van der Waals surface area contributed by atoms with E-state index in [2.05, 4.69) is 25.6 Å². The van der Waals surface area contributed by atoms with Crippen LogP contribution in [-0.4, -0.2) is 39.8 Å². The summed E-state index contributed by atoms with van der Waals surface area (Å²) in [7, 11) is 3.23. The molecule has 1 aromatic carbocycles. The van der Waals surface area contributed by atoms with E-state index in [1.807, 2.05) is 12.1 Å². The van der Waals surface area contributed by atoms with Gasteiger partial charge in [0.2, 0.25) is 0 Å². The fourth-order valence-corrected chi connectivity index (χ4v) is 2.13. The highest BCUT2D eigenvalue weighted by Crippen LogP contribution is 2.33. The zero-order valence-electron chi connectivity index (χ0n) is 11.1. The highest BCUT2D eigenvalue weighted by Gasteiger charge is 2.11. The highest BCUT2D eigenvalue weighted by molar-refractivity contribution is 5.88. The van der Waals surface area contributed by atoms with Crippen molar-refractivity contribution in [1.82, 2.24) is 25.6 Å². The summed E-state index contributed by atoms with van der Waals surface area (Å²) in [5.41, 5.74) is 1.00. The molecule has 2 heterocycles. The first-order chi connectivity index (χ1) is 9.81. The van der Waals surface area contributed by atoms with Gasteiger partial charge in [0, 0.05) is 24.2 Å². The summed E-state index contributed by atoms with van der Waals surface area (Å²) in [4.78, 5) is 4.24. The molecule has 2 aromatic heterocycles. The average Bonchev–Trinajstić information content (AvgIpc) is 2.99. The van der Waals surface area contributed by atoms with Crippen LogP contribution in [0.2, 0.25) is 0 Å². The molecule has 0 spiro atoms. The van der Waals surface area contributed by atoms with Crippen LogP contribution >= 0.6 is 0 Å². The number of tetrazole rings is 1. The van der Waals surface area contributed by atoms with Crippen molar-refractivity contribution >= 4 is 10.8 Å². The predicted molar refractivity (Wildman–Crippen MR) is 71.8 cm³/mol. The second-order valence-corrected chi connectivity index (χ2v) is 4.23. The number of H-pyrrole nitrogens is 1. The molecule has 3 aromatic rings. The molecule has 0 fully saturated rings. The molecule has 1 N–H and O–H groups in total. The van der Waals surface area contributed by atoms with Gasteiger partial charge in [0.15, 0.2) is 17.3 Å². The number of fused-ring (bicyclic) bond motifs is 1.